The first-order valence-corrected chi connectivity index (χ1v) is 12.5. The minimum atomic E-state index is -3.73. The normalized spacial score (nSPS) is 20.0. The van der Waals surface area contributed by atoms with Gasteiger partial charge in [0.25, 0.3) is 5.91 Å². The van der Waals surface area contributed by atoms with Crippen molar-refractivity contribution in [3.8, 4) is 0 Å². The Morgan fingerprint density at radius 1 is 0.939 bits per heavy atom. The molecule has 10 heteroatoms. The Balaban J connectivity index is 1.41. The molecule has 0 spiro atoms. The van der Waals surface area contributed by atoms with Crippen LogP contribution in [0.15, 0.2) is 52.0 Å². The molecule has 176 valence electrons. The van der Waals surface area contributed by atoms with Gasteiger partial charge in [-0.1, -0.05) is 12.1 Å². The van der Waals surface area contributed by atoms with E-state index in [1.54, 1.807) is 21.9 Å². The van der Waals surface area contributed by atoms with Crippen molar-refractivity contribution in [1.82, 2.24) is 14.1 Å². The lowest BCUT2D eigenvalue weighted by Gasteiger charge is -2.40. The van der Waals surface area contributed by atoms with Crippen molar-refractivity contribution in [2.75, 3.05) is 32.7 Å². The summed E-state index contributed by atoms with van der Waals surface area (Å²) in [4.78, 5) is 40.9. The van der Waals surface area contributed by atoms with Crippen molar-refractivity contribution in [2.24, 2.45) is 0 Å². The highest BCUT2D eigenvalue weighted by Gasteiger charge is 2.38. The molecule has 9 nitrogen and oxygen atoms in total. The first-order chi connectivity index (χ1) is 15.8. The van der Waals surface area contributed by atoms with E-state index in [-0.39, 0.29) is 54.4 Å². The lowest BCUT2D eigenvalue weighted by molar-refractivity contribution is -0.138. The number of piperidine rings is 1. The highest BCUT2D eigenvalue weighted by atomic mass is 32.2. The Labute approximate surface area is 193 Å². The average molecular weight is 474 g/mol. The van der Waals surface area contributed by atoms with Crippen LogP contribution in [-0.4, -0.2) is 78.9 Å². The molecule has 2 aliphatic heterocycles. The number of nitrogens with zero attached hydrogens (tertiary/aromatic N) is 3. The number of rotatable bonds is 5. The van der Waals surface area contributed by atoms with Gasteiger partial charge in [-0.25, -0.2) is 8.42 Å². The highest BCUT2D eigenvalue weighted by molar-refractivity contribution is 7.89. The molecule has 1 aromatic carbocycles. The molecule has 1 unspecified atom stereocenters. The van der Waals surface area contributed by atoms with Gasteiger partial charge in [0.1, 0.15) is 6.04 Å². The summed E-state index contributed by atoms with van der Waals surface area (Å²) in [5.74, 6) is -0.375. The molecule has 4 rings (SSSR count). The Morgan fingerprint density at radius 3 is 2.24 bits per heavy atom. The highest BCUT2D eigenvalue weighted by Crippen LogP contribution is 2.24. The standard InChI is InChI=1S/C23H27N3O6S/c1-17(27)18-7-9-19(10-8-18)33(30,31)25-14-12-24(13-15-25)22(28)20-5-2-3-11-26(20)23(29)21-6-4-16-32-21/h4,6-10,16,20H,2-3,5,11-15H2,1H3. The third kappa shape index (κ3) is 4.72. The molecule has 2 saturated heterocycles. The molecule has 0 bridgehead atoms. The average Bonchev–Trinajstić information content (AvgIpc) is 3.38. The quantitative estimate of drug-likeness (QED) is 0.615. The number of hydrogen-bond donors (Lipinski definition) is 0. The Bertz CT molecular complexity index is 1120. The van der Waals surface area contributed by atoms with Gasteiger partial charge in [0.15, 0.2) is 11.5 Å². The fraction of sp³-hybridized carbons (Fsp3) is 0.435. The van der Waals surface area contributed by atoms with Gasteiger partial charge in [0, 0.05) is 38.3 Å². The van der Waals surface area contributed by atoms with Crippen molar-refractivity contribution in [3.63, 3.8) is 0 Å². The van der Waals surface area contributed by atoms with E-state index in [1.807, 2.05) is 0 Å². The minimum Gasteiger partial charge on any atom is -0.459 e. The zero-order valence-electron chi connectivity index (χ0n) is 18.5. The monoisotopic (exact) mass is 473 g/mol. The van der Waals surface area contributed by atoms with E-state index in [4.69, 9.17) is 4.42 Å². The number of likely N-dealkylation sites (tertiary alicyclic amines) is 1. The van der Waals surface area contributed by atoms with Gasteiger partial charge in [0.2, 0.25) is 15.9 Å². The topological polar surface area (TPSA) is 108 Å². The summed E-state index contributed by atoms with van der Waals surface area (Å²) >= 11 is 0. The summed E-state index contributed by atoms with van der Waals surface area (Å²) < 4.78 is 32.6. The molecule has 2 amide bonds. The Morgan fingerprint density at radius 2 is 1.64 bits per heavy atom. The van der Waals surface area contributed by atoms with Crippen LogP contribution in [0.3, 0.4) is 0 Å². The zero-order chi connectivity index (χ0) is 23.6. The van der Waals surface area contributed by atoms with E-state index in [0.29, 0.717) is 18.5 Å². The maximum atomic E-state index is 13.3. The zero-order valence-corrected chi connectivity index (χ0v) is 19.3. The number of piperazine rings is 1. The number of amides is 2. The smallest absolute Gasteiger partial charge is 0.290 e. The summed E-state index contributed by atoms with van der Waals surface area (Å²) in [6, 6.07) is 8.53. The number of carbonyl (C=O) groups is 3. The molecular formula is C23H27N3O6S. The molecule has 2 aromatic rings. The lowest BCUT2D eigenvalue weighted by atomic mass is 10.00. The first-order valence-electron chi connectivity index (χ1n) is 11.0. The van der Waals surface area contributed by atoms with E-state index in [9.17, 15) is 22.8 Å². The summed E-state index contributed by atoms with van der Waals surface area (Å²) in [5.41, 5.74) is 0.450. The molecule has 0 N–H and O–H groups in total. The molecule has 1 atom stereocenters. The van der Waals surface area contributed by atoms with E-state index in [1.165, 1.54) is 41.8 Å². The summed E-state index contributed by atoms with van der Waals surface area (Å²) in [7, 11) is -3.73. The SMILES string of the molecule is CC(=O)c1ccc(S(=O)(=O)N2CCN(C(=O)C3CCCCN3C(=O)c3ccco3)CC2)cc1. The number of sulfonamides is 1. The van der Waals surface area contributed by atoms with Gasteiger partial charge < -0.3 is 14.2 Å². The van der Waals surface area contributed by atoms with Crippen LogP contribution < -0.4 is 0 Å². The van der Waals surface area contributed by atoms with Gasteiger partial charge in [-0.15, -0.1) is 0 Å². The van der Waals surface area contributed by atoms with Crippen LogP contribution in [0.2, 0.25) is 0 Å². The van der Waals surface area contributed by atoms with Crippen molar-refractivity contribution in [2.45, 2.75) is 37.1 Å². The number of furan rings is 1. The second kappa shape index (κ2) is 9.48. The van der Waals surface area contributed by atoms with Gasteiger partial charge in [-0.3, -0.25) is 14.4 Å². The van der Waals surface area contributed by atoms with Crippen LogP contribution in [0, 0.1) is 0 Å². The first kappa shape index (κ1) is 23.2. The van der Waals surface area contributed by atoms with Gasteiger partial charge in [-0.2, -0.15) is 4.31 Å². The minimum absolute atomic E-state index is 0.120. The fourth-order valence-corrected chi connectivity index (χ4v) is 5.77. The molecule has 1 aromatic heterocycles. The van der Waals surface area contributed by atoms with Crippen molar-refractivity contribution in [3.05, 3.63) is 54.0 Å². The summed E-state index contributed by atoms with van der Waals surface area (Å²) in [6.07, 6.45) is 3.68. The van der Waals surface area contributed by atoms with Crippen LogP contribution in [0.25, 0.3) is 0 Å². The molecule has 2 fully saturated rings. The van der Waals surface area contributed by atoms with E-state index in [2.05, 4.69) is 0 Å². The number of benzene rings is 1. The van der Waals surface area contributed by atoms with Gasteiger partial charge in [-0.05, 0) is 50.5 Å². The van der Waals surface area contributed by atoms with E-state index >= 15 is 0 Å². The third-order valence-electron chi connectivity index (χ3n) is 6.23. The summed E-state index contributed by atoms with van der Waals surface area (Å²) in [5, 5.41) is 0. The van der Waals surface area contributed by atoms with Crippen LogP contribution in [0.1, 0.15) is 47.1 Å². The van der Waals surface area contributed by atoms with Crippen molar-refractivity contribution >= 4 is 27.6 Å². The van der Waals surface area contributed by atoms with Crippen LogP contribution in [0.5, 0.6) is 0 Å². The molecule has 3 heterocycles. The number of carbonyl (C=O) groups excluding carboxylic acids is 3. The van der Waals surface area contributed by atoms with Gasteiger partial charge >= 0.3 is 0 Å². The van der Waals surface area contributed by atoms with Gasteiger partial charge in [0.05, 0.1) is 11.2 Å². The molecular weight excluding hydrogens is 446 g/mol. The lowest BCUT2D eigenvalue weighted by Crippen LogP contribution is -2.57. The van der Waals surface area contributed by atoms with Crippen LogP contribution in [-0.2, 0) is 14.8 Å². The second-order valence-corrected chi connectivity index (χ2v) is 10.2. The second-order valence-electron chi connectivity index (χ2n) is 8.30. The molecule has 0 saturated carbocycles. The predicted octanol–water partition coefficient (Wildman–Crippen LogP) is 2.01. The Kier molecular flexibility index (Phi) is 6.66. The maximum absolute atomic E-state index is 13.3. The predicted molar refractivity (Wildman–Crippen MR) is 119 cm³/mol. The van der Waals surface area contributed by atoms with Crippen LogP contribution in [0.4, 0.5) is 0 Å². The molecule has 33 heavy (non-hydrogen) atoms. The summed E-state index contributed by atoms with van der Waals surface area (Å²) in [6.45, 7) is 2.75. The van der Waals surface area contributed by atoms with E-state index in [0.717, 1.165) is 12.8 Å². The maximum Gasteiger partial charge on any atom is 0.290 e. The van der Waals surface area contributed by atoms with Crippen LogP contribution >= 0.6 is 0 Å². The van der Waals surface area contributed by atoms with Crippen molar-refractivity contribution in [1.29, 1.82) is 0 Å². The molecule has 2 aliphatic rings. The number of Topliss-reactive ketones (excluding diaryl/α,β-unsaturated/α-hetero) is 1. The number of ketones is 1. The Hall–Kier alpha value is -2.98. The fourth-order valence-electron chi connectivity index (χ4n) is 4.34. The largest absolute Gasteiger partial charge is 0.459 e. The molecule has 0 radical (unpaired) electrons. The number of hydrogen-bond acceptors (Lipinski definition) is 6. The van der Waals surface area contributed by atoms with Crippen molar-refractivity contribution < 1.29 is 27.2 Å². The van der Waals surface area contributed by atoms with E-state index < -0.39 is 16.1 Å². The third-order valence-corrected chi connectivity index (χ3v) is 8.14. The molecule has 0 aliphatic carbocycles.